The number of nitrogens with zero attached hydrogens (tertiary/aromatic N) is 3. The van der Waals surface area contributed by atoms with E-state index in [-0.39, 0.29) is 22.5 Å². The third-order valence-electron chi connectivity index (χ3n) is 4.64. The Bertz CT molecular complexity index is 1230. The molecule has 2 aromatic carbocycles. The maximum Gasteiger partial charge on any atom is 0.416 e. The van der Waals surface area contributed by atoms with Crippen LogP contribution >= 0.6 is 0 Å². The van der Waals surface area contributed by atoms with Crippen molar-refractivity contribution < 1.29 is 22.8 Å². The van der Waals surface area contributed by atoms with Crippen molar-refractivity contribution in [2.75, 3.05) is 5.32 Å². The van der Waals surface area contributed by atoms with Crippen molar-refractivity contribution in [1.82, 2.24) is 15.3 Å². The van der Waals surface area contributed by atoms with E-state index in [1.54, 1.807) is 19.1 Å². The highest BCUT2D eigenvalue weighted by Crippen LogP contribution is 2.30. The third-order valence-corrected chi connectivity index (χ3v) is 4.64. The summed E-state index contributed by atoms with van der Waals surface area (Å²) in [5, 5.41) is 14.1. The van der Waals surface area contributed by atoms with Crippen LogP contribution in [0, 0.1) is 18.3 Å². The molecule has 0 aliphatic carbocycles. The van der Waals surface area contributed by atoms with Gasteiger partial charge in [0.05, 0.1) is 28.9 Å². The second-order valence-corrected chi connectivity index (χ2v) is 7.21. The molecule has 0 radical (unpaired) electrons. The van der Waals surface area contributed by atoms with Crippen LogP contribution in [-0.4, -0.2) is 21.8 Å². The number of hydrogen-bond acceptors (Lipinski definition) is 5. The average molecular weight is 453 g/mol. The molecule has 0 saturated heterocycles. The number of halogens is 3. The van der Waals surface area contributed by atoms with Crippen LogP contribution in [0.3, 0.4) is 0 Å². The summed E-state index contributed by atoms with van der Waals surface area (Å²) in [5.74, 6) is -1.35. The molecule has 7 nitrogen and oxygen atoms in total. The Morgan fingerprint density at radius 2 is 1.70 bits per heavy atom. The summed E-state index contributed by atoms with van der Waals surface area (Å²) in [5.41, 5.74) is 0.116. The predicted molar refractivity (Wildman–Crippen MR) is 113 cm³/mol. The van der Waals surface area contributed by atoms with E-state index < -0.39 is 29.6 Å². The second-order valence-electron chi connectivity index (χ2n) is 7.21. The van der Waals surface area contributed by atoms with Crippen LogP contribution in [0.5, 0.6) is 0 Å². The lowest BCUT2D eigenvalue weighted by Crippen LogP contribution is -2.30. The summed E-state index contributed by atoms with van der Waals surface area (Å²) >= 11 is 0. The van der Waals surface area contributed by atoms with Crippen molar-refractivity contribution >= 4 is 17.5 Å². The molecule has 0 saturated carbocycles. The number of amides is 2. The first-order valence-corrected chi connectivity index (χ1v) is 9.70. The lowest BCUT2D eigenvalue weighted by molar-refractivity contribution is -0.137. The van der Waals surface area contributed by atoms with E-state index in [4.69, 9.17) is 5.26 Å². The van der Waals surface area contributed by atoms with E-state index in [1.807, 2.05) is 6.07 Å². The minimum atomic E-state index is -4.59. The zero-order valence-electron chi connectivity index (χ0n) is 17.6. The van der Waals surface area contributed by atoms with Gasteiger partial charge in [-0.3, -0.25) is 14.6 Å². The van der Waals surface area contributed by atoms with Gasteiger partial charge in [-0.1, -0.05) is 0 Å². The number of hydrogen-bond donors (Lipinski definition) is 2. The summed E-state index contributed by atoms with van der Waals surface area (Å²) < 4.78 is 39.3. The van der Waals surface area contributed by atoms with Gasteiger partial charge in [-0.25, -0.2) is 4.98 Å². The van der Waals surface area contributed by atoms with Crippen molar-refractivity contribution in [1.29, 1.82) is 5.26 Å². The van der Waals surface area contributed by atoms with E-state index in [0.717, 1.165) is 12.1 Å². The van der Waals surface area contributed by atoms with Gasteiger partial charge in [-0.05, 0) is 61.9 Å². The van der Waals surface area contributed by atoms with Crippen molar-refractivity contribution in [3.63, 3.8) is 0 Å². The molecule has 10 heteroatoms. The molecular formula is C23H18F3N5O2. The minimum Gasteiger partial charge on any atom is -0.344 e. The Labute approximate surface area is 187 Å². The Morgan fingerprint density at radius 1 is 1.03 bits per heavy atom. The molecule has 0 aliphatic rings. The lowest BCUT2D eigenvalue weighted by Gasteiger charge is -2.17. The molecule has 1 heterocycles. The molecule has 1 unspecified atom stereocenters. The van der Waals surface area contributed by atoms with Gasteiger partial charge in [0.2, 0.25) is 0 Å². The maximum atomic E-state index is 13.1. The quantitative estimate of drug-likeness (QED) is 0.595. The van der Waals surface area contributed by atoms with Gasteiger partial charge in [0.25, 0.3) is 11.8 Å². The summed E-state index contributed by atoms with van der Waals surface area (Å²) in [4.78, 5) is 33.5. The van der Waals surface area contributed by atoms with E-state index >= 15 is 0 Å². The molecule has 0 spiro atoms. The first kappa shape index (κ1) is 23.4. The van der Waals surface area contributed by atoms with Crippen LogP contribution in [0.4, 0.5) is 18.9 Å². The van der Waals surface area contributed by atoms with Gasteiger partial charge < -0.3 is 10.6 Å². The SMILES string of the molecule is Cc1cc(C(=O)NC(C)c2nccnc2C(=O)Nc2ccc(C#N)cc2)cc(C(F)(F)F)c1. The number of carbonyl (C=O) groups excluding carboxylic acids is 2. The first-order valence-electron chi connectivity index (χ1n) is 9.70. The first-order chi connectivity index (χ1) is 15.6. The average Bonchev–Trinajstić information content (AvgIpc) is 2.78. The normalized spacial score (nSPS) is 11.9. The molecular weight excluding hydrogens is 435 g/mol. The minimum absolute atomic E-state index is 0.0603. The fourth-order valence-corrected chi connectivity index (χ4v) is 3.09. The van der Waals surface area contributed by atoms with E-state index in [2.05, 4.69) is 20.6 Å². The summed E-state index contributed by atoms with van der Waals surface area (Å²) in [6.07, 6.45) is -1.94. The van der Waals surface area contributed by atoms with Crippen LogP contribution in [0.1, 0.15) is 56.2 Å². The Balaban J connectivity index is 1.80. The zero-order valence-corrected chi connectivity index (χ0v) is 17.6. The fourth-order valence-electron chi connectivity index (χ4n) is 3.09. The molecule has 0 bridgehead atoms. The number of rotatable bonds is 5. The Kier molecular flexibility index (Phi) is 6.72. The molecule has 2 N–H and O–H groups in total. The number of aryl methyl sites for hydroxylation is 1. The van der Waals surface area contributed by atoms with Crippen LogP contribution < -0.4 is 10.6 Å². The van der Waals surface area contributed by atoms with Crippen molar-refractivity contribution in [3.8, 4) is 6.07 Å². The van der Waals surface area contributed by atoms with Crippen molar-refractivity contribution in [3.05, 3.63) is 88.5 Å². The Morgan fingerprint density at radius 3 is 2.33 bits per heavy atom. The number of nitriles is 1. The summed E-state index contributed by atoms with van der Waals surface area (Å²) in [6.45, 7) is 3.00. The van der Waals surface area contributed by atoms with E-state index in [0.29, 0.717) is 11.3 Å². The zero-order chi connectivity index (χ0) is 24.2. The van der Waals surface area contributed by atoms with Crippen molar-refractivity contribution in [2.45, 2.75) is 26.1 Å². The number of carbonyl (C=O) groups is 2. The second kappa shape index (κ2) is 9.48. The molecule has 1 atom stereocenters. The monoisotopic (exact) mass is 453 g/mol. The molecule has 3 rings (SSSR count). The maximum absolute atomic E-state index is 13.1. The predicted octanol–water partition coefficient (Wildman–Crippen LogP) is 4.42. The van der Waals surface area contributed by atoms with Crippen molar-refractivity contribution in [2.24, 2.45) is 0 Å². The number of anilines is 1. The third kappa shape index (κ3) is 5.71. The highest BCUT2D eigenvalue weighted by Gasteiger charge is 2.31. The molecule has 33 heavy (non-hydrogen) atoms. The lowest BCUT2D eigenvalue weighted by atomic mass is 10.0. The standard InChI is InChI=1S/C23H18F3N5O2/c1-13-9-16(11-17(10-13)23(24,25)26)21(32)30-14(2)19-20(29-8-7-28-19)22(33)31-18-5-3-15(12-27)4-6-18/h3-11,14H,1-2H3,(H,30,32)(H,31,33). The van der Waals surface area contributed by atoms with Crippen LogP contribution in [0.25, 0.3) is 0 Å². The molecule has 2 amide bonds. The Hall–Kier alpha value is -4.26. The highest BCUT2D eigenvalue weighted by atomic mass is 19.4. The number of aromatic nitrogens is 2. The molecule has 0 fully saturated rings. The van der Waals surface area contributed by atoms with E-state index in [1.165, 1.54) is 37.5 Å². The highest BCUT2D eigenvalue weighted by molar-refractivity contribution is 6.04. The van der Waals surface area contributed by atoms with Crippen LogP contribution in [-0.2, 0) is 6.18 Å². The largest absolute Gasteiger partial charge is 0.416 e. The van der Waals surface area contributed by atoms with Gasteiger partial charge in [-0.15, -0.1) is 0 Å². The van der Waals surface area contributed by atoms with Gasteiger partial charge in [0, 0.05) is 23.6 Å². The summed E-state index contributed by atoms with van der Waals surface area (Å²) in [7, 11) is 0. The van der Waals surface area contributed by atoms with Crippen LogP contribution in [0.2, 0.25) is 0 Å². The smallest absolute Gasteiger partial charge is 0.344 e. The van der Waals surface area contributed by atoms with Gasteiger partial charge in [0.15, 0.2) is 5.69 Å². The summed E-state index contributed by atoms with van der Waals surface area (Å²) in [6, 6.07) is 10.4. The van der Waals surface area contributed by atoms with Gasteiger partial charge in [-0.2, -0.15) is 18.4 Å². The number of nitrogens with one attached hydrogen (secondary N) is 2. The molecule has 168 valence electrons. The fraction of sp³-hybridized carbons (Fsp3) is 0.174. The molecule has 0 aliphatic heterocycles. The molecule has 3 aromatic rings. The topological polar surface area (TPSA) is 108 Å². The van der Waals surface area contributed by atoms with Gasteiger partial charge in [0.1, 0.15) is 0 Å². The van der Waals surface area contributed by atoms with Crippen LogP contribution in [0.15, 0.2) is 54.9 Å². The van der Waals surface area contributed by atoms with Gasteiger partial charge >= 0.3 is 6.18 Å². The van der Waals surface area contributed by atoms with E-state index in [9.17, 15) is 22.8 Å². The number of alkyl halides is 3. The molecule has 1 aromatic heterocycles. The number of benzene rings is 2.